The van der Waals surface area contributed by atoms with Crippen LogP contribution in [0, 0.1) is 0 Å². The first-order valence-electron chi connectivity index (χ1n) is 9.21. The highest BCUT2D eigenvalue weighted by Crippen LogP contribution is 2.38. The van der Waals surface area contributed by atoms with Crippen LogP contribution >= 0.6 is 0 Å². The van der Waals surface area contributed by atoms with E-state index >= 15 is 0 Å². The van der Waals surface area contributed by atoms with Gasteiger partial charge in [0.2, 0.25) is 0 Å². The SMILES string of the molecule is CB(O)N1CCN(C2c3ccccc3C=C(CO)c3cccnc32)CC1. The standard InChI is InChI=1S/C20H24BN3O2/c1-21(26)24-11-9-23(10-12-24)20-18-6-3-2-5-15(18)13-16(14-25)17-7-4-8-22-19(17)20/h2-8,13,20,25-26H,9-12,14H2,1H3. The first kappa shape index (κ1) is 17.4. The third-order valence-corrected chi connectivity index (χ3v) is 5.48. The zero-order valence-electron chi connectivity index (χ0n) is 15.0. The first-order chi connectivity index (χ1) is 12.7. The van der Waals surface area contributed by atoms with E-state index in [1.165, 1.54) is 5.56 Å². The predicted molar refractivity (Wildman–Crippen MR) is 104 cm³/mol. The molecule has 0 radical (unpaired) electrons. The number of aliphatic hydroxyl groups excluding tert-OH is 1. The highest BCUT2D eigenvalue weighted by Gasteiger charge is 2.33. The van der Waals surface area contributed by atoms with Gasteiger partial charge in [-0.15, -0.1) is 0 Å². The van der Waals surface area contributed by atoms with Gasteiger partial charge in [0.05, 0.1) is 18.3 Å². The highest BCUT2D eigenvalue weighted by molar-refractivity contribution is 6.45. The van der Waals surface area contributed by atoms with Gasteiger partial charge in [0.25, 0.3) is 0 Å². The third-order valence-electron chi connectivity index (χ3n) is 5.48. The van der Waals surface area contributed by atoms with E-state index in [4.69, 9.17) is 4.98 Å². The molecule has 1 fully saturated rings. The Balaban J connectivity index is 1.78. The van der Waals surface area contributed by atoms with Gasteiger partial charge < -0.3 is 14.9 Å². The summed E-state index contributed by atoms with van der Waals surface area (Å²) in [6.07, 6.45) is 3.92. The second kappa shape index (κ2) is 7.33. The maximum atomic E-state index is 9.94. The largest absolute Gasteiger partial charge is 0.437 e. The molecule has 2 heterocycles. The number of hydrogen-bond acceptors (Lipinski definition) is 5. The van der Waals surface area contributed by atoms with Crippen LogP contribution in [0.5, 0.6) is 0 Å². The van der Waals surface area contributed by atoms with Crippen LogP contribution in [0.1, 0.15) is 28.4 Å². The quantitative estimate of drug-likeness (QED) is 0.827. The van der Waals surface area contributed by atoms with Crippen LogP contribution in [0.3, 0.4) is 0 Å². The molecular formula is C20H24BN3O2. The van der Waals surface area contributed by atoms with Gasteiger partial charge in [-0.05, 0) is 35.7 Å². The topological polar surface area (TPSA) is 59.8 Å². The number of piperazine rings is 1. The number of aliphatic hydroxyl groups is 1. The Morgan fingerprint density at radius 1 is 1.12 bits per heavy atom. The van der Waals surface area contributed by atoms with Crippen LogP contribution in [-0.2, 0) is 0 Å². The fraction of sp³-hybridized carbons (Fsp3) is 0.350. The number of hydrogen-bond donors (Lipinski definition) is 2. The van der Waals surface area contributed by atoms with E-state index in [0.717, 1.165) is 48.6 Å². The number of fused-ring (bicyclic) bond motifs is 2. The summed E-state index contributed by atoms with van der Waals surface area (Å²) in [6, 6.07) is 12.4. The van der Waals surface area contributed by atoms with Crippen molar-refractivity contribution in [2.75, 3.05) is 32.8 Å². The smallest absolute Gasteiger partial charge is 0.376 e. The van der Waals surface area contributed by atoms with Crippen LogP contribution in [-0.4, -0.2) is 64.7 Å². The van der Waals surface area contributed by atoms with Crippen molar-refractivity contribution in [2.45, 2.75) is 12.9 Å². The molecule has 2 aromatic rings. The monoisotopic (exact) mass is 349 g/mol. The summed E-state index contributed by atoms with van der Waals surface area (Å²) in [6.45, 7) is 5.22. The van der Waals surface area contributed by atoms with Crippen molar-refractivity contribution in [3.8, 4) is 0 Å². The Kier molecular flexibility index (Phi) is 4.91. The maximum Gasteiger partial charge on any atom is 0.376 e. The van der Waals surface area contributed by atoms with E-state index in [1.807, 2.05) is 25.2 Å². The molecule has 1 atom stereocenters. The third kappa shape index (κ3) is 3.10. The lowest BCUT2D eigenvalue weighted by atomic mass is 9.84. The van der Waals surface area contributed by atoms with E-state index in [1.54, 1.807) is 0 Å². The summed E-state index contributed by atoms with van der Waals surface area (Å²) in [5, 5.41) is 19.8. The molecular weight excluding hydrogens is 325 g/mol. The molecule has 1 aromatic carbocycles. The summed E-state index contributed by atoms with van der Waals surface area (Å²) in [5.41, 5.74) is 5.29. The van der Waals surface area contributed by atoms with Crippen molar-refractivity contribution in [3.05, 3.63) is 65.0 Å². The van der Waals surface area contributed by atoms with Crippen LogP contribution in [0.4, 0.5) is 0 Å². The molecule has 6 heteroatoms. The molecule has 134 valence electrons. The van der Waals surface area contributed by atoms with Crippen LogP contribution in [0.25, 0.3) is 11.6 Å². The van der Waals surface area contributed by atoms with Gasteiger partial charge in [0.1, 0.15) is 0 Å². The van der Waals surface area contributed by atoms with E-state index in [2.05, 4.69) is 40.1 Å². The molecule has 0 bridgehead atoms. The lowest BCUT2D eigenvalue weighted by molar-refractivity contribution is 0.144. The van der Waals surface area contributed by atoms with Gasteiger partial charge in [0, 0.05) is 37.9 Å². The van der Waals surface area contributed by atoms with Gasteiger partial charge in [0.15, 0.2) is 0 Å². The van der Waals surface area contributed by atoms with E-state index in [9.17, 15) is 10.1 Å². The lowest BCUT2D eigenvalue weighted by Gasteiger charge is -2.40. The molecule has 1 saturated heterocycles. The maximum absolute atomic E-state index is 9.94. The van der Waals surface area contributed by atoms with Crippen LogP contribution in [0.15, 0.2) is 42.6 Å². The molecule has 2 N–H and O–H groups in total. The number of aromatic nitrogens is 1. The van der Waals surface area contributed by atoms with Crippen LogP contribution < -0.4 is 0 Å². The normalized spacial score (nSPS) is 20.7. The van der Waals surface area contributed by atoms with Crippen molar-refractivity contribution in [1.82, 2.24) is 14.7 Å². The second-order valence-corrected chi connectivity index (χ2v) is 7.00. The molecule has 1 aromatic heterocycles. The number of pyridine rings is 1. The van der Waals surface area contributed by atoms with E-state index in [-0.39, 0.29) is 12.6 Å². The zero-order valence-corrected chi connectivity index (χ0v) is 15.0. The van der Waals surface area contributed by atoms with E-state index in [0.29, 0.717) is 0 Å². The van der Waals surface area contributed by atoms with Crippen molar-refractivity contribution < 1.29 is 10.1 Å². The number of nitrogens with zero attached hydrogens (tertiary/aromatic N) is 3. The minimum Gasteiger partial charge on any atom is -0.437 e. The molecule has 2 aliphatic rings. The van der Waals surface area contributed by atoms with Gasteiger partial charge in [-0.2, -0.15) is 0 Å². The molecule has 5 nitrogen and oxygen atoms in total. The van der Waals surface area contributed by atoms with Crippen LogP contribution in [0.2, 0.25) is 6.82 Å². The fourth-order valence-electron chi connectivity index (χ4n) is 4.08. The zero-order chi connectivity index (χ0) is 18.1. The molecule has 0 saturated carbocycles. The van der Waals surface area contributed by atoms with Crippen molar-refractivity contribution in [3.63, 3.8) is 0 Å². The Bertz CT molecular complexity index is 816. The first-order valence-corrected chi connectivity index (χ1v) is 9.21. The Hall–Kier alpha value is -1.99. The average Bonchev–Trinajstić information content (AvgIpc) is 2.82. The summed E-state index contributed by atoms with van der Waals surface area (Å²) in [5.74, 6) is 0. The molecule has 4 rings (SSSR count). The lowest BCUT2D eigenvalue weighted by Crippen LogP contribution is -2.52. The summed E-state index contributed by atoms with van der Waals surface area (Å²) in [4.78, 5) is 9.27. The van der Waals surface area contributed by atoms with E-state index < -0.39 is 7.05 Å². The molecule has 1 unspecified atom stereocenters. The minimum absolute atomic E-state index is 0.00441. The number of benzene rings is 1. The van der Waals surface area contributed by atoms with Crippen molar-refractivity contribution in [1.29, 1.82) is 0 Å². The summed E-state index contributed by atoms with van der Waals surface area (Å²) < 4.78 is 0. The Morgan fingerprint density at radius 3 is 2.62 bits per heavy atom. The predicted octanol–water partition coefficient (Wildman–Crippen LogP) is 1.75. The second-order valence-electron chi connectivity index (χ2n) is 7.00. The fourth-order valence-corrected chi connectivity index (χ4v) is 4.08. The summed E-state index contributed by atoms with van der Waals surface area (Å²) in [7, 11) is -0.411. The van der Waals surface area contributed by atoms with Crippen molar-refractivity contribution in [2.24, 2.45) is 0 Å². The molecule has 0 spiro atoms. The molecule has 0 amide bonds. The Morgan fingerprint density at radius 2 is 1.88 bits per heavy atom. The Labute approximate surface area is 154 Å². The molecule has 26 heavy (non-hydrogen) atoms. The number of rotatable bonds is 3. The highest BCUT2D eigenvalue weighted by atomic mass is 16.3. The minimum atomic E-state index is -0.411. The summed E-state index contributed by atoms with van der Waals surface area (Å²) >= 11 is 0. The van der Waals surface area contributed by atoms with Gasteiger partial charge in [-0.25, -0.2) is 0 Å². The molecule has 1 aliphatic heterocycles. The average molecular weight is 349 g/mol. The van der Waals surface area contributed by atoms with Gasteiger partial charge in [-0.1, -0.05) is 30.3 Å². The van der Waals surface area contributed by atoms with Gasteiger partial charge >= 0.3 is 7.05 Å². The van der Waals surface area contributed by atoms with Gasteiger partial charge in [-0.3, -0.25) is 9.88 Å². The van der Waals surface area contributed by atoms with Crippen molar-refractivity contribution >= 4 is 18.7 Å². The molecule has 1 aliphatic carbocycles.